The average molecular weight is 374 g/mol. The number of pyridine rings is 1. The Morgan fingerprint density at radius 1 is 1.26 bits per heavy atom. The van der Waals surface area contributed by atoms with Gasteiger partial charge in [0.15, 0.2) is 0 Å². The van der Waals surface area contributed by atoms with Crippen LogP contribution in [0.5, 0.6) is 0 Å². The molecule has 3 rings (SSSR count). The minimum absolute atomic E-state index is 0.142. The molecule has 2 unspecified atom stereocenters. The quantitative estimate of drug-likeness (QED) is 0.806. The number of hydrogen-bond acceptors (Lipinski definition) is 4. The van der Waals surface area contributed by atoms with E-state index >= 15 is 0 Å². The van der Waals surface area contributed by atoms with E-state index in [-0.39, 0.29) is 6.10 Å². The summed E-state index contributed by atoms with van der Waals surface area (Å²) < 4.78 is 6.62. The second kappa shape index (κ2) is 5.93. The summed E-state index contributed by atoms with van der Waals surface area (Å²) >= 11 is 2.36. The topological polar surface area (TPSA) is 45.6 Å². The molecule has 1 saturated heterocycles. The molecule has 1 aromatic rings. The Morgan fingerprint density at radius 3 is 2.74 bits per heavy atom. The van der Waals surface area contributed by atoms with Crippen molar-refractivity contribution in [2.45, 2.75) is 31.3 Å². The minimum atomic E-state index is -0.142. The van der Waals surface area contributed by atoms with E-state index < -0.39 is 0 Å². The average Bonchev–Trinajstić information content (AvgIpc) is 2.86. The second-order valence-corrected chi connectivity index (χ2v) is 6.58. The molecule has 19 heavy (non-hydrogen) atoms. The van der Waals surface area contributed by atoms with Gasteiger partial charge in [-0.15, -0.1) is 0 Å². The van der Waals surface area contributed by atoms with Gasteiger partial charge in [-0.25, -0.2) is 4.98 Å². The number of aliphatic hydroxyl groups excluding tert-OH is 1. The van der Waals surface area contributed by atoms with Gasteiger partial charge >= 0.3 is 0 Å². The molecular weight excluding hydrogens is 355 g/mol. The Balaban J connectivity index is 1.83. The van der Waals surface area contributed by atoms with Crippen molar-refractivity contribution in [2.24, 2.45) is 0 Å². The largest absolute Gasteiger partial charge is 0.393 e. The van der Waals surface area contributed by atoms with Gasteiger partial charge in [0.1, 0.15) is 5.82 Å². The zero-order valence-corrected chi connectivity index (χ0v) is 13.0. The standard InChI is InChI=1S/C14H19IN2O2/c15-11-8-13(10-1-2-12(18)7-10)16-14(9-11)17-3-5-19-6-4-17/h8-10,12,18H,1-7H2. The number of anilines is 1. The highest BCUT2D eigenvalue weighted by Gasteiger charge is 2.26. The lowest BCUT2D eigenvalue weighted by Gasteiger charge is -2.28. The number of nitrogens with zero attached hydrogens (tertiary/aromatic N) is 2. The fourth-order valence-corrected chi connectivity index (χ4v) is 3.49. The van der Waals surface area contributed by atoms with Crippen LogP contribution in [0.15, 0.2) is 12.1 Å². The van der Waals surface area contributed by atoms with Crippen molar-refractivity contribution in [3.63, 3.8) is 0 Å². The van der Waals surface area contributed by atoms with E-state index in [9.17, 15) is 5.11 Å². The van der Waals surface area contributed by atoms with Crippen molar-refractivity contribution in [1.82, 2.24) is 4.98 Å². The Bertz CT molecular complexity index is 426. The minimum Gasteiger partial charge on any atom is -0.393 e. The summed E-state index contributed by atoms with van der Waals surface area (Å²) in [5, 5.41) is 9.69. The molecule has 1 saturated carbocycles. The highest BCUT2D eigenvalue weighted by molar-refractivity contribution is 14.1. The van der Waals surface area contributed by atoms with Crippen LogP contribution in [0.2, 0.25) is 0 Å². The number of halogens is 1. The molecule has 2 heterocycles. The fourth-order valence-electron chi connectivity index (χ4n) is 2.89. The third-order valence-electron chi connectivity index (χ3n) is 3.95. The van der Waals surface area contributed by atoms with Crippen molar-refractivity contribution in [2.75, 3.05) is 31.2 Å². The fraction of sp³-hybridized carbons (Fsp3) is 0.643. The predicted molar refractivity (Wildman–Crippen MR) is 82.6 cm³/mol. The number of hydrogen-bond donors (Lipinski definition) is 1. The van der Waals surface area contributed by atoms with Crippen LogP contribution in [0.3, 0.4) is 0 Å². The van der Waals surface area contributed by atoms with Crippen molar-refractivity contribution >= 4 is 28.4 Å². The molecule has 4 nitrogen and oxygen atoms in total. The normalized spacial score (nSPS) is 27.8. The smallest absolute Gasteiger partial charge is 0.130 e. The van der Waals surface area contributed by atoms with E-state index in [1.54, 1.807) is 0 Å². The van der Waals surface area contributed by atoms with Crippen LogP contribution in [0.1, 0.15) is 30.9 Å². The van der Waals surface area contributed by atoms with Gasteiger partial charge in [0, 0.05) is 28.3 Å². The Morgan fingerprint density at radius 2 is 2.05 bits per heavy atom. The first-order valence-electron chi connectivity index (χ1n) is 6.90. The van der Waals surface area contributed by atoms with E-state index in [0.29, 0.717) is 5.92 Å². The Labute approximate surface area is 127 Å². The van der Waals surface area contributed by atoms with Gasteiger partial charge in [-0.3, -0.25) is 0 Å². The molecule has 104 valence electrons. The SMILES string of the molecule is OC1CCC(c2cc(I)cc(N3CCOCC3)n2)C1. The molecule has 0 bridgehead atoms. The summed E-state index contributed by atoms with van der Waals surface area (Å²) in [5.74, 6) is 1.48. The lowest BCUT2D eigenvalue weighted by Crippen LogP contribution is -2.37. The molecule has 0 radical (unpaired) electrons. The van der Waals surface area contributed by atoms with Crippen LogP contribution in [0, 0.1) is 3.57 Å². The summed E-state index contributed by atoms with van der Waals surface area (Å²) in [6.45, 7) is 3.40. The highest BCUT2D eigenvalue weighted by Crippen LogP contribution is 2.35. The molecule has 2 aliphatic rings. The maximum atomic E-state index is 9.69. The summed E-state index contributed by atoms with van der Waals surface area (Å²) in [6, 6.07) is 4.30. The zero-order valence-electron chi connectivity index (χ0n) is 10.9. The van der Waals surface area contributed by atoms with Crippen molar-refractivity contribution in [1.29, 1.82) is 0 Å². The van der Waals surface area contributed by atoms with Gasteiger partial charge in [0.25, 0.3) is 0 Å². The van der Waals surface area contributed by atoms with Crippen molar-refractivity contribution in [3.8, 4) is 0 Å². The first kappa shape index (κ1) is 13.6. The molecule has 0 amide bonds. The number of morpholine rings is 1. The molecule has 1 aliphatic heterocycles. The van der Waals surface area contributed by atoms with Crippen LogP contribution in [0.25, 0.3) is 0 Å². The molecule has 0 spiro atoms. The van der Waals surface area contributed by atoms with Crippen molar-refractivity contribution in [3.05, 3.63) is 21.4 Å². The maximum absolute atomic E-state index is 9.69. The summed E-state index contributed by atoms with van der Waals surface area (Å²) in [4.78, 5) is 7.12. The number of aliphatic hydroxyl groups is 1. The van der Waals surface area contributed by atoms with Gasteiger partial charge < -0.3 is 14.7 Å². The van der Waals surface area contributed by atoms with Crippen molar-refractivity contribution < 1.29 is 9.84 Å². The van der Waals surface area contributed by atoms with Crippen LogP contribution in [0.4, 0.5) is 5.82 Å². The van der Waals surface area contributed by atoms with E-state index in [0.717, 1.165) is 57.1 Å². The molecular formula is C14H19IN2O2. The van der Waals surface area contributed by atoms with Gasteiger partial charge in [-0.05, 0) is 54.0 Å². The number of aromatic nitrogens is 1. The van der Waals surface area contributed by atoms with E-state index in [4.69, 9.17) is 9.72 Å². The molecule has 1 N–H and O–H groups in total. The highest BCUT2D eigenvalue weighted by atomic mass is 127. The predicted octanol–water partition coefficient (Wildman–Crippen LogP) is 2.15. The third kappa shape index (κ3) is 3.20. The summed E-state index contributed by atoms with van der Waals surface area (Å²) in [6.07, 6.45) is 2.67. The summed E-state index contributed by atoms with van der Waals surface area (Å²) in [5.41, 5.74) is 1.14. The van der Waals surface area contributed by atoms with E-state index in [2.05, 4.69) is 39.6 Å². The third-order valence-corrected chi connectivity index (χ3v) is 4.58. The van der Waals surface area contributed by atoms with Crippen LogP contribution in [-0.2, 0) is 4.74 Å². The monoisotopic (exact) mass is 374 g/mol. The molecule has 2 fully saturated rings. The molecule has 2 atom stereocenters. The molecule has 1 aromatic heterocycles. The van der Waals surface area contributed by atoms with Gasteiger partial charge in [0.2, 0.25) is 0 Å². The molecule has 5 heteroatoms. The van der Waals surface area contributed by atoms with E-state index in [1.165, 1.54) is 3.57 Å². The number of rotatable bonds is 2. The molecule has 0 aromatic carbocycles. The van der Waals surface area contributed by atoms with E-state index in [1.807, 2.05) is 0 Å². The Hall–Kier alpha value is -0.400. The lowest BCUT2D eigenvalue weighted by atomic mass is 10.0. The molecule has 1 aliphatic carbocycles. The summed E-state index contributed by atoms with van der Waals surface area (Å²) in [7, 11) is 0. The first-order valence-corrected chi connectivity index (χ1v) is 7.98. The lowest BCUT2D eigenvalue weighted by molar-refractivity contribution is 0.122. The second-order valence-electron chi connectivity index (χ2n) is 5.33. The number of ether oxygens (including phenoxy) is 1. The van der Waals surface area contributed by atoms with Gasteiger partial charge in [-0.2, -0.15) is 0 Å². The van der Waals surface area contributed by atoms with Gasteiger partial charge in [0.05, 0.1) is 19.3 Å². The maximum Gasteiger partial charge on any atom is 0.130 e. The van der Waals surface area contributed by atoms with Gasteiger partial charge in [-0.1, -0.05) is 0 Å². The zero-order chi connectivity index (χ0) is 13.2. The van der Waals surface area contributed by atoms with Crippen LogP contribution < -0.4 is 4.90 Å². The van der Waals surface area contributed by atoms with Crippen LogP contribution >= 0.6 is 22.6 Å². The first-order chi connectivity index (χ1) is 9.22. The Kier molecular flexibility index (Phi) is 4.24. The van der Waals surface area contributed by atoms with Crippen LogP contribution in [-0.4, -0.2) is 42.5 Å².